The number of hydrogen-bond acceptors (Lipinski definition) is 6. The number of piperazine rings is 1. The third kappa shape index (κ3) is 5.42. The van der Waals surface area contributed by atoms with E-state index in [1.807, 2.05) is 6.92 Å². The molecule has 1 N–H and O–H groups in total. The SMILES string of the molecule is Cc1nc(CN2CCN(C(=O)CSc3ccc(C(F)(F)F)cn3)CC2)n[nH]1. The molecule has 0 bridgehead atoms. The van der Waals surface area contributed by atoms with Crippen molar-refractivity contribution in [1.29, 1.82) is 0 Å². The number of hydrogen-bond donors (Lipinski definition) is 1. The number of aromatic nitrogens is 4. The average molecular weight is 400 g/mol. The lowest BCUT2D eigenvalue weighted by molar-refractivity contribution is -0.138. The predicted octanol–water partition coefficient (Wildman–Crippen LogP) is 1.96. The van der Waals surface area contributed by atoms with Crippen molar-refractivity contribution in [3.63, 3.8) is 0 Å². The Labute approximate surface area is 158 Å². The second-order valence-corrected chi connectivity index (χ2v) is 7.16. The first-order valence-corrected chi connectivity index (χ1v) is 9.34. The van der Waals surface area contributed by atoms with Gasteiger partial charge < -0.3 is 4.90 Å². The largest absolute Gasteiger partial charge is 0.417 e. The van der Waals surface area contributed by atoms with Gasteiger partial charge in [0.05, 0.1) is 22.9 Å². The van der Waals surface area contributed by atoms with Crippen LogP contribution in [0.1, 0.15) is 17.2 Å². The van der Waals surface area contributed by atoms with Gasteiger partial charge in [0, 0.05) is 32.4 Å². The highest BCUT2D eigenvalue weighted by molar-refractivity contribution is 7.99. The first kappa shape index (κ1) is 19.6. The molecule has 0 aliphatic carbocycles. The van der Waals surface area contributed by atoms with Gasteiger partial charge in [-0.1, -0.05) is 11.8 Å². The van der Waals surface area contributed by atoms with Gasteiger partial charge in [0.2, 0.25) is 5.91 Å². The smallest absolute Gasteiger partial charge is 0.339 e. The summed E-state index contributed by atoms with van der Waals surface area (Å²) in [7, 11) is 0. The van der Waals surface area contributed by atoms with Crippen molar-refractivity contribution in [3.8, 4) is 0 Å². The van der Waals surface area contributed by atoms with Crippen LogP contribution in [0.15, 0.2) is 23.4 Å². The molecule has 1 fully saturated rings. The summed E-state index contributed by atoms with van der Waals surface area (Å²) in [6.07, 6.45) is -3.62. The third-order valence-corrected chi connectivity index (χ3v) is 5.07. The molecule has 27 heavy (non-hydrogen) atoms. The molecule has 0 aromatic carbocycles. The van der Waals surface area contributed by atoms with Gasteiger partial charge in [0.15, 0.2) is 5.82 Å². The second-order valence-electron chi connectivity index (χ2n) is 6.17. The number of halogens is 3. The molecule has 3 heterocycles. The summed E-state index contributed by atoms with van der Waals surface area (Å²) in [4.78, 5) is 24.3. The van der Waals surface area contributed by atoms with E-state index in [1.54, 1.807) is 4.90 Å². The Balaban J connectivity index is 1.43. The summed E-state index contributed by atoms with van der Waals surface area (Å²) in [5.74, 6) is 1.61. The maximum Gasteiger partial charge on any atom is 0.417 e. The van der Waals surface area contributed by atoms with Crippen LogP contribution in [-0.4, -0.2) is 67.8 Å². The average Bonchev–Trinajstić information content (AvgIpc) is 3.04. The quantitative estimate of drug-likeness (QED) is 0.774. The molecule has 0 unspecified atom stereocenters. The number of nitrogens with one attached hydrogen (secondary N) is 1. The van der Waals surface area contributed by atoms with E-state index < -0.39 is 11.7 Å². The van der Waals surface area contributed by atoms with Crippen molar-refractivity contribution in [2.75, 3.05) is 31.9 Å². The number of thioether (sulfide) groups is 1. The Bertz CT molecular complexity index is 771. The molecule has 1 amide bonds. The maximum absolute atomic E-state index is 12.5. The first-order chi connectivity index (χ1) is 12.8. The molecule has 1 saturated heterocycles. The summed E-state index contributed by atoms with van der Waals surface area (Å²) in [6, 6.07) is 2.26. The number of pyridine rings is 1. The van der Waals surface area contributed by atoms with Crippen molar-refractivity contribution in [3.05, 3.63) is 35.5 Å². The minimum Gasteiger partial charge on any atom is -0.339 e. The molecule has 0 spiro atoms. The summed E-state index contributed by atoms with van der Waals surface area (Å²) in [5.41, 5.74) is -0.795. The van der Waals surface area contributed by atoms with E-state index in [9.17, 15) is 18.0 Å². The van der Waals surface area contributed by atoms with E-state index in [2.05, 4.69) is 25.1 Å². The number of H-pyrrole nitrogens is 1. The molecule has 3 rings (SSSR count). The van der Waals surface area contributed by atoms with Crippen molar-refractivity contribution >= 4 is 17.7 Å². The van der Waals surface area contributed by atoms with E-state index in [1.165, 1.54) is 6.07 Å². The lowest BCUT2D eigenvalue weighted by Gasteiger charge is -2.34. The molecular formula is C16H19F3N6OS. The Hall–Kier alpha value is -2.14. The van der Waals surface area contributed by atoms with Crippen molar-refractivity contribution < 1.29 is 18.0 Å². The monoisotopic (exact) mass is 400 g/mol. The topological polar surface area (TPSA) is 78.0 Å². The Morgan fingerprint density at radius 1 is 1.26 bits per heavy atom. The van der Waals surface area contributed by atoms with Crippen LogP contribution in [0.25, 0.3) is 0 Å². The lowest BCUT2D eigenvalue weighted by Crippen LogP contribution is -2.48. The number of rotatable bonds is 5. The predicted molar refractivity (Wildman–Crippen MR) is 92.9 cm³/mol. The fourth-order valence-electron chi connectivity index (χ4n) is 2.68. The zero-order valence-electron chi connectivity index (χ0n) is 14.7. The van der Waals surface area contributed by atoms with Crippen molar-refractivity contribution in [2.45, 2.75) is 24.7 Å². The highest BCUT2D eigenvalue weighted by atomic mass is 32.2. The van der Waals surface area contributed by atoms with Gasteiger partial charge in [-0.05, 0) is 19.1 Å². The van der Waals surface area contributed by atoms with Crippen LogP contribution in [0, 0.1) is 6.92 Å². The van der Waals surface area contributed by atoms with E-state index in [0.29, 0.717) is 24.7 Å². The van der Waals surface area contributed by atoms with Crippen LogP contribution in [-0.2, 0) is 17.5 Å². The van der Waals surface area contributed by atoms with Gasteiger partial charge in [-0.3, -0.25) is 14.8 Å². The molecule has 2 aromatic heterocycles. The Morgan fingerprint density at radius 2 is 2.00 bits per heavy atom. The molecular weight excluding hydrogens is 381 g/mol. The summed E-state index contributed by atoms with van der Waals surface area (Å²) in [5, 5.41) is 7.31. The molecule has 0 saturated carbocycles. The fourth-order valence-corrected chi connectivity index (χ4v) is 3.42. The normalized spacial score (nSPS) is 15.9. The van der Waals surface area contributed by atoms with Crippen LogP contribution in [0.4, 0.5) is 13.2 Å². The van der Waals surface area contributed by atoms with Crippen LogP contribution in [0.5, 0.6) is 0 Å². The number of amides is 1. The molecule has 2 aromatic rings. The van der Waals surface area contributed by atoms with Gasteiger partial charge in [-0.2, -0.15) is 18.3 Å². The third-order valence-electron chi connectivity index (χ3n) is 4.14. The number of nitrogens with zero attached hydrogens (tertiary/aromatic N) is 5. The van der Waals surface area contributed by atoms with Gasteiger partial charge >= 0.3 is 6.18 Å². The van der Waals surface area contributed by atoms with Gasteiger partial charge in [-0.25, -0.2) is 9.97 Å². The molecule has 11 heteroatoms. The van der Waals surface area contributed by atoms with Crippen LogP contribution in [0.2, 0.25) is 0 Å². The maximum atomic E-state index is 12.5. The summed E-state index contributed by atoms with van der Waals surface area (Å²) < 4.78 is 37.6. The minimum atomic E-state index is -4.41. The standard InChI is InChI=1S/C16H19F3N6OS/c1-11-21-13(23-22-11)9-24-4-6-25(7-5-24)15(26)10-27-14-3-2-12(8-20-14)16(17,18)19/h2-3,8H,4-7,9-10H2,1H3,(H,21,22,23). The number of carbonyl (C=O) groups is 1. The molecule has 1 aliphatic heterocycles. The first-order valence-electron chi connectivity index (χ1n) is 8.35. The highest BCUT2D eigenvalue weighted by Gasteiger charge is 2.30. The highest BCUT2D eigenvalue weighted by Crippen LogP contribution is 2.29. The molecule has 7 nitrogen and oxygen atoms in total. The number of carbonyl (C=O) groups excluding carboxylic acids is 1. The molecule has 0 radical (unpaired) electrons. The number of alkyl halides is 3. The van der Waals surface area contributed by atoms with Gasteiger partial charge in [-0.15, -0.1) is 0 Å². The van der Waals surface area contributed by atoms with Crippen LogP contribution in [0.3, 0.4) is 0 Å². The van der Waals surface area contributed by atoms with Gasteiger partial charge in [0.25, 0.3) is 0 Å². The molecule has 146 valence electrons. The van der Waals surface area contributed by atoms with E-state index in [4.69, 9.17) is 0 Å². The van der Waals surface area contributed by atoms with Gasteiger partial charge in [0.1, 0.15) is 5.82 Å². The molecule has 0 atom stereocenters. The molecule has 1 aliphatic rings. The van der Waals surface area contributed by atoms with Crippen LogP contribution >= 0.6 is 11.8 Å². The van der Waals surface area contributed by atoms with Crippen molar-refractivity contribution in [1.82, 2.24) is 30.0 Å². The summed E-state index contributed by atoms with van der Waals surface area (Å²) in [6.45, 7) is 5.13. The zero-order valence-corrected chi connectivity index (χ0v) is 15.5. The summed E-state index contributed by atoms with van der Waals surface area (Å²) >= 11 is 1.14. The van der Waals surface area contributed by atoms with E-state index in [-0.39, 0.29) is 11.7 Å². The van der Waals surface area contributed by atoms with Crippen LogP contribution < -0.4 is 0 Å². The number of aryl methyl sites for hydroxylation is 1. The number of aromatic amines is 1. The minimum absolute atomic E-state index is 0.0462. The second kappa shape index (κ2) is 8.26. The van der Waals surface area contributed by atoms with E-state index >= 15 is 0 Å². The zero-order chi connectivity index (χ0) is 19.4. The Morgan fingerprint density at radius 3 is 2.56 bits per heavy atom. The Kier molecular flexibility index (Phi) is 6.00. The van der Waals surface area contributed by atoms with E-state index in [0.717, 1.165) is 48.8 Å². The van der Waals surface area contributed by atoms with Crippen molar-refractivity contribution in [2.24, 2.45) is 0 Å². The fraction of sp³-hybridized carbons (Fsp3) is 0.500. The lowest BCUT2D eigenvalue weighted by atomic mass is 10.3.